The Balaban J connectivity index is 2.13. The van der Waals surface area contributed by atoms with Gasteiger partial charge in [-0.25, -0.2) is 0 Å². The molecule has 0 amide bonds. The van der Waals surface area contributed by atoms with Crippen molar-refractivity contribution in [3.63, 3.8) is 0 Å². The number of nitrogens with zero attached hydrogens (tertiary/aromatic N) is 2. The fourth-order valence-corrected chi connectivity index (χ4v) is 1.21. The molecule has 42 valence electrons. The van der Waals surface area contributed by atoms with Crippen LogP contribution in [-0.4, -0.2) is 30.4 Å². The molecule has 0 bridgehead atoms. The lowest BCUT2D eigenvalue weighted by Gasteiger charge is -2.10. The number of hydrogen-bond donors (Lipinski definition) is 0. The Labute approximate surface area is 49.2 Å². The monoisotopic (exact) mass is 108 g/mol. The van der Waals surface area contributed by atoms with Gasteiger partial charge in [-0.2, -0.15) is 0 Å². The highest BCUT2D eigenvalue weighted by atomic mass is 15.2. The molecule has 0 spiro atoms. The minimum Gasteiger partial charge on any atom is -0.349 e. The van der Waals surface area contributed by atoms with Gasteiger partial charge in [0.1, 0.15) is 0 Å². The van der Waals surface area contributed by atoms with Crippen LogP contribution < -0.4 is 0 Å². The Bertz CT molecular complexity index is 120. The highest BCUT2D eigenvalue weighted by molar-refractivity contribution is 5.59. The fourth-order valence-electron chi connectivity index (χ4n) is 1.21. The quantitative estimate of drug-likeness (QED) is 0.432. The van der Waals surface area contributed by atoms with Gasteiger partial charge in [0.2, 0.25) is 0 Å². The molecular weight excluding hydrogens is 100 g/mol. The Morgan fingerprint density at radius 3 is 3.62 bits per heavy atom. The van der Waals surface area contributed by atoms with Gasteiger partial charge in [0.15, 0.2) is 6.34 Å². The molecule has 1 saturated heterocycles. The second-order valence-electron chi connectivity index (χ2n) is 2.27. The molecule has 0 aliphatic carbocycles. The minimum atomic E-state index is 0.676. The van der Waals surface area contributed by atoms with Crippen molar-refractivity contribution in [2.75, 3.05) is 13.1 Å². The van der Waals surface area contributed by atoms with Crippen LogP contribution in [-0.2, 0) is 0 Å². The van der Waals surface area contributed by atoms with E-state index in [1.807, 2.05) is 0 Å². The summed E-state index contributed by atoms with van der Waals surface area (Å²) in [5, 5.41) is 0. The van der Waals surface area contributed by atoms with Gasteiger partial charge in [-0.3, -0.25) is 4.99 Å². The smallest absolute Gasteiger partial charge is 0.167 e. The highest BCUT2D eigenvalue weighted by Crippen LogP contribution is 2.17. The van der Waals surface area contributed by atoms with Crippen molar-refractivity contribution in [2.24, 2.45) is 4.99 Å². The van der Waals surface area contributed by atoms with Crippen molar-refractivity contribution in [3.05, 3.63) is 6.42 Å². The zero-order valence-corrected chi connectivity index (χ0v) is 4.67. The standard InChI is InChI=1S/C6H8N2/c1-2-6-4-7-5-8(6)3-1/h1,6H,2-4H2. The summed E-state index contributed by atoms with van der Waals surface area (Å²) in [4.78, 5) is 6.19. The third kappa shape index (κ3) is 0.457. The molecule has 1 unspecified atom stereocenters. The molecule has 2 aliphatic rings. The van der Waals surface area contributed by atoms with Crippen LogP contribution in [0.2, 0.25) is 0 Å². The normalized spacial score (nSPS) is 34.0. The van der Waals surface area contributed by atoms with Crippen molar-refractivity contribution in [3.8, 4) is 0 Å². The number of hydrogen-bond acceptors (Lipinski definition) is 2. The van der Waals surface area contributed by atoms with Gasteiger partial charge in [-0.05, 0) is 12.8 Å². The molecule has 2 nitrogen and oxygen atoms in total. The van der Waals surface area contributed by atoms with E-state index < -0.39 is 0 Å². The number of rotatable bonds is 0. The van der Waals surface area contributed by atoms with E-state index >= 15 is 0 Å². The summed E-state index contributed by atoms with van der Waals surface area (Å²) >= 11 is 0. The van der Waals surface area contributed by atoms with E-state index in [0.29, 0.717) is 6.04 Å². The van der Waals surface area contributed by atoms with Gasteiger partial charge in [0.25, 0.3) is 0 Å². The minimum absolute atomic E-state index is 0.676. The van der Waals surface area contributed by atoms with E-state index in [9.17, 15) is 0 Å². The van der Waals surface area contributed by atoms with E-state index in [2.05, 4.69) is 22.7 Å². The third-order valence-corrected chi connectivity index (χ3v) is 1.71. The molecular formula is C6H8N2. The van der Waals surface area contributed by atoms with Crippen molar-refractivity contribution in [1.29, 1.82) is 0 Å². The lowest BCUT2D eigenvalue weighted by molar-refractivity contribution is 0.440. The largest absolute Gasteiger partial charge is 0.349 e. The summed E-state index contributed by atoms with van der Waals surface area (Å²) in [7, 11) is 0. The van der Waals surface area contributed by atoms with E-state index in [1.165, 1.54) is 6.42 Å². The molecule has 2 heteroatoms. The summed E-state index contributed by atoms with van der Waals surface area (Å²) in [6.07, 6.45) is 6.43. The van der Waals surface area contributed by atoms with Crippen molar-refractivity contribution >= 4 is 6.34 Å². The maximum Gasteiger partial charge on any atom is 0.167 e. The van der Waals surface area contributed by atoms with Crippen molar-refractivity contribution in [2.45, 2.75) is 12.5 Å². The zero-order valence-electron chi connectivity index (χ0n) is 4.67. The van der Waals surface area contributed by atoms with Gasteiger partial charge >= 0.3 is 0 Å². The summed E-state index contributed by atoms with van der Waals surface area (Å²) < 4.78 is 0. The Hall–Kier alpha value is -0.530. The van der Waals surface area contributed by atoms with Crippen molar-refractivity contribution < 1.29 is 0 Å². The van der Waals surface area contributed by atoms with Crippen LogP contribution in [0.25, 0.3) is 0 Å². The van der Waals surface area contributed by atoms with Gasteiger partial charge in [0.05, 0.1) is 12.6 Å². The van der Waals surface area contributed by atoms with Crippen LogP contribution in [0.15, 0.2) is 4.99 Å². The molecule has 0 N–H and O–H groups in total. The molecule has 0 aromatic carbocycles. The van der Waals surface area contributed by atoms with Gasteiger partial charge in [-0.1, -0.05) is 0 Å². The van der Waals surface area contributed by atoms with E-state index in [0.717, 1.165) is 13.1 Å². The summed E-state index contributed by atoms with van der Waals surface area (Å²) in [6.45, 7) is 2.03. The maximum absolute atomic E-state index is 4.02. The van der Waals surface area contributed by atoms with Crippen LogP contribution in [0.1, 0.15) is 6.42 Å². The van der Waals surface area contributed by atoms with Crippen LogP contribution in [0.4, 0.5) is 0 Å². The van der Waals surface area contributed by atoms with Crippen molar-refractivity contribution in [1.82, 2.24) is 4.90 Å². The summed E-state index contributed by atoms with van der Waals surface area (Å²) in [6, 6.07) is 0.676. The third-order valence-electron chi connectivity index (χ3n) is 1.71. The molecule has 0 saturated carbocycles. The Kier molecular flexibility index (Phi) is 0.802. The van der Waals surface area contributed by atoms with Crippen LogP contribution >= 0.6 is 0 Å². The first-order chi connectivity index (χ1) is 3.97. The second-order valence-corrected chi connectivity index (χ2v) is 2.27. The first-order valence-electron chi connectivity index (χ1n) is 2.97. The predicted octanol–water partition coefficient (Wildman–Crippen LogP) is 0.184. The van der Waals surface area contributed by atoms with Crippen LogP contribution in [0.3, 0.4) is 0 Å². The highest BCUT2D eigenvalue weighted by Gasteiger charge is 2.25. The molecule has 0 aromatic heterocycles. The molecule has 2 rings (SSSR count). The molecule has 8 heavy (non-hydrogen) atoms. The number of fused-ring (bicyclic) bond motifs is 1. The van der Waals surface area contributed by atoms with E-state index in [-0.39, 0.29) is 0 Å². The fraction of sp³-hybridized carbons (Fsp3) is 0.667. The topological polar surface area (TPSA) is 15.6 Å². The first kappa shape index (κ1) is 4.36. The SMILES string of the molecule is [C]1=NCC2C[CH]CN12. The first-order valence-corrected chi connectivity index (χ1v) is 2.97. The van der Waals surface area contributed by atoms with Gasteiger partial charge in [-0.15, -0.1) is 0 Å². The molecule has 1 fully saturated rings. The molecule has 2 heterocycles. The van der Waals surface area contributed by atoms with Crippen LogP contribution in [0.5, 0.6) is 0 Å². The van der Waals surface area contributed by atoms with E-state index in [4.69, 9.17) is 0 Å². The predicted molar refractivity (Wildman–Crippen MR) is 31.7 cm³/mol. The Morgan fingerprint density at radius 1 is 1.75 bits per heavy atom. The van der Waals surface area contributed by atoms with Crippen LogP contribution in [0, 0.1) is 6.42 Å². The summed E-state index contributed by atoms with van der Waals surface area (Å²) in [5.41, 5.74) is 0. The lowest BCUT2D eigenvalue weighted by atomic mass is 10.2. The molecule has 0 aromatic rings. The lowest BCUT2D eigenvalue weighted by Crippen LogP contribution is -2.23. The van der Waals surface area contributed by atoms with Gasteiger partial charge in [0, 0.05) is 6.54 Å². The molecule has 2 aliphatic heterocycles. The number of aliphatic imine (C=N–C) groups is 1. The average molecular weight is 108 g/mol. The zero-order chi connectivity index (χ0) is 5.40. The van der Waals surface area contributed by atoms with Gasteiger partial charge < -0.3 is 4.90 Å². The Morgan fingerprint density at radius 2 is 2.75 bits per heavy atom. The second kappa shape index (κ2) is 1.47. The molecule has 2 radical (unpaired) electrons. The van der Waals surface area contributed by atoms with E-state index in [1.54, 1.807) is 0 Å². The average Bonchev–Trinajstić information content (AvgIpc) is 2.15. The maximum atomic E-state index is 4.02. The molecule has 1 atom stereocenters. The summed E-state index contributed by atoms with van der Waals surface area (Å²) in [5.74, 6) is 0.